The molecule has 0 heterocycles. The van der Waals surface area contributed by atoms with E-state index in [1.165, 1.54) is 12.1 Å². The summed E-state index contributed by atoms with van der Waals surface area (Å²) in [5.41, 5.74) is 0.542. The van der Waals surface area contributed by atoms with Crippen molar-refractivity contribution in [3.63, 3.8) is 0 Å². The van der Waals surface area contributed by atoms with Crippen molar-refractivity contribution in [2.75, 3.05) is 0 Å². The van der Waals surface area contributed by atoms with Gasteiger partial charge in [0.15, 0.2) is 17.4 Å². The molecule has 2 aromatic rings. The van der Waals surface area contributed by atoms with Crippen LogP contribution < -0.4 is 4.74 Å². The molecule has 41 heavy (non-hydrogen) atoms. The molecular formula is C32H38F8O. The Balaban J connectivity index is 1.29. The van der Waals surface area contributed by atoms with E-state index in [1.807, 2.05) is 0 Å². The average Bonchev–Trinajstić information content (AvgIpc) is 2.91. The van der Waals surface area contributed by atoms with Crippen LogP contribution in [0.2, 0.25) is 0 Å². The van der Waals surface area contributed by atoms with E-state index in [-0.39, 0.29) is 35.8 Å². The first-order valence-corrected chi connectivity index (χ1v) is 14.8. The highest BCUT2D eigenvalue weighted by atomic mass is 19.3. The molecule has 1 nitrogen and oxygen atoms in total. The molecule has 2 aliphatic rings. The number of ether oxygens (including phenoxy) is 1. The summed E-state index contributed by atoms with van der Waals surface area (Å²) >= 11 is 0. The summed E-state index contributed by atoms with van der Waals surface area (Å²) in [6, 6.07) is 4.17. The predicted molar refractivity (Wildman–Crippen MR) is 141 cm³/mol. The normalized spacial score (nSPS) is 23.7. The van der Waals surface area contributed by atoms with Crippen LogP contribution in [0.5, 0.6) is 5.75 Å². The molecule has 0 radical (unpaired) electrons. The van der Waals surface area contributed by atoms with Crippen molar-refractivity contribution in [1.29, 1.82) is 0 Å². The predicted octanol–water partition coefficient (Wildman–Crippen LogP) is 10.5. The molecule has 0 spiro atoms. The lowest BCUT2D eigenvalue weighted by atomic mass is 9.67. The number of hydrogen-bond donors (Lipinski definition) is 0. The fourth-order valence-electron chi connectivity index (χ4n) is 6.98. The third kappa shape index (κ3) is 7.95. The molecule has 0 atom stereocenters. The first-order valence-electron chi connectivity index (χ1n) is 14.8. The number of aryl methyl sites for hydroxylation is 1. The van der Waals surface area contributed by atoms with Gasteiger partial charge in [0, 0.05) is 17.9 Å². The van der Waals surface area contributed by atoms with Gasteiger partial charge in [0.1, 0.15) is 11.6 Å². The Hall–Kier alpha value is -2.32. The fraction of sp³-hybridized carbons (Fsp3) is 0.625. The molecule has 2 aromatic carbocycles. The van der Waals surface area contributed by atoms with Crippen LogP contribution in [0.4, 0.5) is 35.1 Å². The highest BCUT2D eigenvalue weighted by Gasteiger charge is 2.43. The third-order valence-electron chi connectivity index (χ3n) is 9.13. The zero-order chi connectivity index (χ0) is 29.7. The van der Waals surface area contributed by atoms with E-state index in [2.05, 4.69) is 11.7 Å². The molecule has 4 rings (SSSR count). The maximum absolute atomic E-state index is 15.1. The van der Waals surface area contributed by atoms with Crippen molar-refractivity contribution >= 4 is 0 Å². The molecule has 0 aliphatic heterocycles. The molecule has 2 fully saturated rings. The van der Waals surface area contributed by atoms with Crippen molar-refractivity contribution in [2.45, 2.75) is 109 Å². The summed E-state index contributed by atoms with van der Waals surface area (Å²) in [5, 5.41) is 0. The lowest BCUT2D eigenvalue weighted by Crippen LogP contribution is -2.35. The second-order valence-corrected chi connectivity index (χ2v) is 11.9. The molecule has 9 heteroatoms. The largest absolute Gasteiger partial charge is 0.429 e. The van der Waals surface area contributed by atoms with Gasteiger partial charge in [0.05, 0.1) is 0 Å². The first-order chi connectivity index (χ1) is 19.5. The minimum absolute atomic E-state index is 0.174. The first kappa shape index (κ1) is 31.6. The minimum Gasteiger partial charge on any atom is -0.429 e. The van der Waals surface area contributed by atoms with E-state index in [1.54, 1.807) is 0 Å². The van der Waals surface area contributed by atoms with Crippen LogP contribution >= 0.6 is 0 Å². The molecule has 0 bridgehead atoms. The SMILES string of the molecule is CCCCCc1cc(F)c(C2CCC(C3CCC(C(F)(F)Cc4cc(F)c(OC(F)F)c(F)c4)CC3)CC2)c(F)c1. The van der Waals surface area contributed by atoms with Crippen LogP contribution in [0.3, 0.4) is 0 Å². The van der Waals surface area contributed by atoms with Crippen LogP contribution in [0.1, 0.15) is 100 Å². The second-order valence-electron chi connectivity index (χ2n) is 11.9. The van der Waals surface area contributed by atoms with Crippen LogP contribution in [-0.2, 0) is 12.8 Å². The Bertz CT molecular complexity index is 1100. The van der Waals surface area contributed by atoms with E-state index in [0.717, 1.165) is 32.1 Å². The maximum atomic E-state index is 15.1. The maximum Gasteiger partial charge on any atom is 0.387 e. The second kappa shape index (κ2) is 13.8. The van der Waals surface area contributed by atoms with Gasteiger partial charge in [-0.05, 0) is 117 Å². The Morgan fingerprint density at radius 3 is 1.76 bits per heavy atom. The van der Waals surface area contributed by atoms with Gasteiger partial charge in [-0.3, -0.25) is 0 Å². The van der Waals surface area contributed by atoms with E-state index in [9.17, 15) is 26.3 Å². The van der Waals surface area contributed by atoms with E-state index < -0.39 is 53.9 Å². The quantitative estimate of drug-likeness (QED) is 0.187. The van der Waals surface area contributed by atoms with Crippen molar-refractivity contribution in [1.82, 2.24) is 0 Å². The molecular weight excluding hydrogens is 552 g/mol. The number of rotatable bonds is 11. The number of unbranched alkanes of at least 4 members (excludes halogenated alkanes) is 2. The average molecular weight is 591 g/mol. The van der Waals surface area contributed by atoms with Gasteiger partial charge in [-0.1, -0.05) is 19.8 Å². The molecule has 0 amide bonds. The Labute approximate surface area is 236 Å². The number of benzene rings is 2. The van der Waals surface area contributed by atoms with Gasteiger partial charge in [-0.15, -0.1) is 0 Å². The standard InChI is InChI=1S/C32H38F8O/c1-2-3-4-5-19-14-25(33)29(26(34)15-19)23-8-6-21(7-9-23)22-10-12-24(13-11-22)32(39,40)18-20-16-27(35)30(28(36)17-20)41-31(37)38/h14-17,21-24,31H,2-13,18H2,1H3. The van der Waals surface area contributed by atoms with E-state index in [4.69, 9.17) is 0 Å². The summed E-state index contributed by atoms with van der Waals surface area (Å²) in [6.07, 6.45) is 7.32. The zero-order valence-corrected chi connectivity index (χ0v) is 23.3. The van der Waals surface area contributed by atoms with Gasteiger partial charge >= 0.3 is 6.61 Å². The van der Waals surface area contributed by atoms with Crippen LogP contribution in [0.25, 0.3) is 0 Å². The fourth-order valence-corrected chi connectivity index (χ4v) is 6.98. The van der Waals surface area contributed by atoms with Crippen LogP contribution in [0, 0.1) is 41.0 Å². The van der Waals surface area contributed by atoms with E-state index in [0.29, 0.717) is 55.7 Å². The molecule has 228 valence electrons. The van der Waals surface area contributed by atoms with Gasteiger partial charge in [0.25, 0.3) is 5.92 Å². The Kier molecular flexibility index (Phi) is 10.6. The lowest BCUT2D eigenvalue weighted by Gasteiger charge is -2.39. The third-order valence-corrected chi connectivity index (χ3v) is 9.13. The van der Waals surface area contributed by atoms with Crippen LogP contribution in [-0.4, -0.2) is 12.5 Å². The van der Waals surface area contributed by atoms with Crippen molar-refractivity contribution in [3.8, 4) is 5.75 Å². The molecule has 0 N–H and O–H groups in total. The highest BCUT2D eigenvalue weighted by molar-refractivity contribution is 5.32. The lowest BCUT2D eigenvalue weighted by molar-refractivity contribution is -0.0777. The molecule has 0 aromatic heterocycles. The van der Waals surface area contributed by atoms with Gasteiger partial charge in [-0.25, -0.2) is 26.3 Å². The van der Waals surface area contributed by atoms with Crippen LogP contribution in [0.15, 0.2) is 24.3 Å². The Morgan fingerprint density at radius 2 is 1.24 bits per heavy atom. The Morgan fingerprint density at radius 1 is 0.732 bits per heavy atom. The monoisotopic (exact) mass is 590 g/mol. The van der Waals surface area contributed by atoms with E-state index >= 15 is 8.78 Å². The van der Waals surface area contributed by atoms with Crippen molar-refractivity contribution in [3.05, 3.63) is 64.2 Å². The zero-order valence-electron chi connectivity index (χ0n) is 23.3. The molecule has 0 saturated heterocycles. The molecule has 0 unspecified atom stereocenters. The summed E-state index contributed by atoms with van der Waals surface area (Å²) in [5.74, 6) is -8.93. The van der Waals surface area contributed by atoms with Crippen molar-refractivity contribution in [2.24, 2.45) is 17.8 Å². The highest BCUT2D eigenvalue weighted by Crippen LogP contribution is 2.48. The smallest absolute Gasteiger partial charge is 0.387 e. The van der Waals surface area contributed by atoms with Gasteiger partial charge in [0.2, 0.25) is 0 Å². The number of alkyl halides is 4. The number of halogens is 8. The topological polar surface area (TPSA) is 9.23 Å². The minimum atomic E-state index is -3.44. The summed E-state index contributed by atoms with van der Waals surface area (Å²) in [6.45, 7) is -1.36. The molecule has 2 aliphatic carbocycles. The number of hydrogen-bond acceptors (Lipinski definition) is 1. The van der Waals surface area contributed by atoms with Gasteiger partial charge in [-0.2, -0.15) is 8.78 Å². The molecule has 2 saturated carbocycles. The van der Waals surface area contributed by atoms with Gasteiger partial charge < -0.3 is 4.74 Å². The summed E-state index contributed by atoms with van der Waals surface area (Å²) in [4.78, 5) is 0. The summed E-state index contributed by atoms with van der Waals surface area (Å²) in [7, 11) is 0. The van der Waals surface area contributed by atoms with Crippen molar-refractivity contribution < 1.29 is 39.9 Å². The summed E-state index contributed by atoms with van der Waals surface area (Å²) < 4.78 is 117.